The number of likely N-dealkylation sites (N-methyl/N-ethyl adjacent to an activating group) is 1. The Balaban J connectivity index is 1.30. The summed E-state index contributed by atoms with van der Waals surface area (Å²) in [5.41, 5.74) is 2.42. The smallest absolute Gasteiger partial charge is 0.321 e. The second-order valence-corrected chi connectivity index (χ2v) is 14.8. The average molecular weight is 536 g/mol. The van der Waals surface area contributed by atoms with E-state index in [0.29, 0.717) is 18.0 Å². The number of allylic oxidation sites excluding steroid dienone is 3. The highest BCUT2D eigenvalue weighted by Crippen LogP contribution is 2.67. The second-order valence-electron chi connectivity index (χ2n) is 14.8. The van der Waals surface area contributed by atoms with Crippen LogP contribution in [0, 0.1) is 46.3 Å². The fourth-order valence-electron chi connectivity index (χ4n) is 10.2. The van der Waals surface area contributed by atoms with Gasteiger partial charge in [-0.2, -0.15) is 0 Å². The van der Waals surface area contributed by atoms with Crippen LogP contribution in [0.4, 0.5) is 4.79 Å². The van der Waals surface area contributed by atoms with E-state index in [4.69, 9.17) is 0 Å². The van der Waals surface area contributed by atoms with Crippen LogP contribution in [0.3, 0.4) is 0 Å². The van der Waals surface area contributed by atoms with Crippen molar-refractivity contribution in [2.45, 2.75) is 118 Å². The largest absolute Gasteiger partial charge is 0.333 e. The summed E-state index contributed by atoms with van der Waals surface area (Å²) in [4.78, 5) is 14.9. The Kier molecular flexibility index (Phi) is 8.72. The highest BCUT2D eigenvalue weighted by Gasteiger charge is 2.60. The van der Waals surface area contributed by atoms with Crippen molar-refractivity contribution in [1.29, 1.82) is 0 Å². The lowest BCUT2D eigenvalue weighted by atomic mass is 9.46. The molecule has 5 rings (SSSR count). The topological polar surface area (TPSA) is 44.4 Å². The van der Waals surface area contributed by atoms with E-state index in [1.54, 1.807) is 10.5 Å². The van der Waals surface area contributed by atoms with Crippen LogP contribution < -0.4 is 10.6 Å². The van der Waals surface area contributed by atoms with Crippen molar-refractivity contribution in [3.63, 3.8) is 0 Å². The van der Waals surface area contributed by atoms with Gasteiger partial charge in [-0.3, -0.25) is 4.90 Å². The van der Waals surface area contributed by atoms with Crippen molar-refractivity contribution in [2.75, 3.05) is 13.1 Å². The quantitative estimate of drug-likeness (QED) is 0.309. The molecule has 2 amide bonds. The minimum Gasteiger partial charge on any atom is -0.333 e. The fraction of sp³-hybridized carbons (Fsp3) is 0.800. The summed E-state index contributed by atoms with van der Waals surface area (Å²) in [6, 6.07) is 0.521. The SMILES string of the molecule is CCNC1C[C@@]2(C)C(=CCC3C2CC[C@@]2(C)C3CC[C@@H]2[C@H](C)CCCC(C)C)C[C@H]1NC(=O)N1C=CC=CC1. The summed E-state index contributed by atoms with van der Waals surface area (Å²) in [6.45, 7) is 16.4. The predicted molar refractivity (Wildman–Crippen MR) is 163 cm³/mol. The monoisotopic (exact) mass is 535 g/mol. The van der Waals surface area contributed by atoms with Crippen molar-refractivity contribution < 1.29 is 4.79 Å². The molecule has 4 aliphatic carbocycles. The number of carbonyl (C=O) groups is 1. The molecule has 4 nitrogen and oxygen atoms in total. The zero-order valence-electron chi connectivity index (χ0n) is 25.8. The first-order valence-corrected chi connectivity index (χ1v) is 16.5. The number of hydrogen-bond donors (Lipinski definition) is 2. The lowest BCUT2D eigenvalue weighted by molar-refractivity contribution is -0.0545. The lowest BCUT2D eigenvalue weighted by Crippen LogP contribution is -2.60. The van der Waals surface area contributed by atoms with Crippen LogP contribution in [0.1, 0.15) is 106 Å². The fourth-order valence-corrected chi connectivity index (χ4v) is 10.2. The lowest BCUT2D eigenvalue weighted by Gasteiger charge is -2.59. The van der Waals surface area contributed by atoms with Crippen LogP contribution >= 0.6 is 0 Å². The summed E-state index contributed by atoms with van der Waals surface area (Å²) in [5.74, 6) is 5.12. The van der Waals surface area contributed by atoms with Crippen molar-refractivity contribution in [1.82, 2.24) is 15.5 Å². The van der Waals surface area contributed by atoms with Gasteiger partial charge >= 0.3 is 6.03 Å². The minimum absolute atomic E-state index is 0.0364. The molecule has 0 aromatic carbocycles. The molecule has 0 saturated heterocycles. The first-order valence-electron chi connectivity index (χ1n) is 16.5. The molecule has 0 aromatic rings. The third-order valence-corrected chi connectivity index (χ3v) is 12.2. The molecule has 2 N–H and O–H groups in total. The molecular formula is C35H57N3O. The maximum Gasteiger partial charge on any atom is 0.321 e. The Hall–Kier alpha value is -1.55. The van der Waals surface area contributed by atoms with E-state index in [-0.39, 0.29) is 17.5 Å². The Morgan fingerprint density at radius 1 is 1.08 bits per heavy atom. The number of urea groups is 1. The van der Waals surface area contributed by atoms with Crippen LogP contribution in [-0.4, -0.2) is 36.1 Å². The van der Waals surface area contributed by atoms with Gasteiger partial charge in [0.2, 0.25) is 0 Å². The summed E-state index contributed by atoms with van der Waals surface area (Å²) in [7, 11) is 0. The maximum atomic E-state index is 13.1. The van der Waals surface area contributed by atoms with Gasteiger partial charge in [-0.05, 0) is 104 Å². The highest BCUT2D eigenvalue weighted by molar-refractivity contribution is 5.76. The van der Waals surface area contributed by atoms with Gasteiger partial charge in [0.05, 0.1) is 0 Å². The van der Waals surface area contributed by atoms with Crippen molar-refractivity contribution >= 4 is 6.03 Å². The highest BCUT2D eigenvalue weighted by atomic mass is 16.2. The Morgan fingerprint density at radius 3 is 2.62 bits per heavy atom. The summed E-state index contributed by atoms with van der Waals surface area (Å²) in [6.07, 6.45) is 23.9. The van der Waals surface area contributed by atoms with Crippen molar-refractivity contribution in [3.8, 4) is 0 Å². The van der Waals surface area contributed by atoms with Gasteiger partial charge in [-0.1, -0.05) is 84.6 Å². The van der Waals surface area contributed by atoms with E-state index in [0.717, 1.165) is 54.9 Å². The molecule has 0 bridgehead atoms. The number of nitrogens with one attached hydrogen (secondary N) is 2. The third kappa shape index (κ3) is 5.53. The predicted octanol–water partition coefficient (Wildman–Crippen LogP) is 8.08. The van der Waals surface area contributed by atoms with Crippen molar-refractivity contribution in [2.24, 2.45) is 46.3 Å². The number of fused-ring (bicyclic) bond motifs is 5. The molecule has 4 heteroatoms. The second kappa shape index (κ2) is 11.7. The van der Waals surface area contributed by atoms with Crippen LogP contribution in [0.2, 0.25) is 0 Å². The van der Waals surface area contributed by atoms with Gasteiger partial charge in [0.1, 0.15) is 0 Å². The van der Waals surface area contributed by atoms with Gasteiger partial charge in [0.25, 0.3) is 0 Å². The normalized spacial score (nSPS) is 40.1. The molecule has 1 heterocycles. The first-order chi connectivity index (χ1) is 18.7. The Morgan fingerprint density at radius 2 is 1.90 bits per heavy atom. The Bertz CT molecular complexity index is 967. The van der Waals surface area contributed by atoms with Gasteiger partial charge in [0.15, 0.2) is 0 Å². The number of carbonyl (C=O) groups excluding carboxylic acids is 1. The van der Waals surface area contributed by atoms with E-state index in [9.17, 15) is 4.79 Å². The van der Waals surface area contributed by atoms with Gasteiger partial charge in [-0.15, -0.1) is 0 Å². The number of rotatable bonds is 8. The van der Waals surface area contributed by atoms with E-state index in [2.05, 4.69) is 58.3 Å². The van der Waals surface area contributed by atoms with Crippen LogP contribution in [0.5, 0.6) is 0 Å². The standard InChI is InChI=1S/C35H57N3O/c1-7-36-32-23-35(6)26(22-31(32)37-33(39)38-20-9-8-10-21-38)14-15-27-29-17-16-28(25(4)13-11-12-24(2)3)34(29,5)19-18-30(27)35/h8-10,14,20,24-25,27-32,36H,7,11-13,15-19,21-23H2,1-6H3,(H,37,39)/t25-,27?,28-,29?,30?,31-,32?,34-,35+/m1/s1. The molecule has 0 spiro atoms. The van der Waals surface area contributed by atoms with Gasteiger partial charge < -0.3 is 10.6 Å². The van der Waals surface area contributed by atoms with E-state index < -0.39 is 0 Å². The van der Waals surface area contributed by atoms with Crippen LogP contribution in [-0.2, 0) is 0 Å². The zero-order valence-corrected chi connectivity index (χ0v) is 25.8. The molecule has 9 atom stereocenters. The summed E-state index contributed by atoms with van der Waals surface area (Å²) >= 11 is 0. The molecule has 1 aliphatic heterocycles. The molecule has 5 aliphatic rings. The Labute approximate surface area is 239 Å². The number of nitrogens with zero attached hydrogens (tertiary/aromatic N) is 1. The van der Waals surface area contributed by atoms with E-state index in [1.165, 1.54) is 51.4 Å². The molecule has 3 fully saturated rings. The molecule has 3 saturated carbocycles. The van der Waals surface area contributed by atoms with Gasteiger partial charge in [-0.25, -0.2) is 4.79 Å². The molecule has 218 valence electrons. The van der Waals surface area contributed by atoms with E-state index in [1.807, 2.05) is 24.4 Å². The number of hydrogen-bond acceptors (Lipinski definition) is 2. The van der Waals surface area contributed by atoms with Gasteiger partial charge in [0, 0.05) is 24.8 Å². The third-order valence-electron chi connectivity index (χ3n) is 12.2. The van der Waals surface area contributed by atoms with Crippen LogP contribution in [0.25, 0.3) is 0 Å². The molecule has 39 heavy (non-hydrogen) atoms. The molecular weight excluding hydrogens is 478 g/mol. The molecule has 0 aromatic heterocycles. The first kappa shape index (κ1) is 29.0. The molecule has 4 unspecified atom stereocenters. The van der Waals surface area contributed by atoms with E-state index >= 15 is 0 Å². The minimum atomic E-state index is 0.0364. The zero-order chi connectivity index (χ0) is 27.8. The number of amides is 2. The average Bonchev–Trinajstić information content (AvgIpc) is 3.27. The summed E-state index contributed by atoms with van der Waals surface area (Å²) in [5, 5.41) is 7.24. The van der Waals surface area contributed by atoms with Crippen LogP contribution in [0.15, 0.2) is 36.1 Å². The maximum absolute atomic E-state index is 13.1. The summed E-state index contributed by atoms with van der Waals surface area (Å²) < 4.78 is 0. The molecule has 0 radical (unpaired) electrons. The van der Waals surface area contributed by atoms with Crippen molar-refractivity contribution in [3.05, 3.63) is 36.1 Å².